The quantitative estimate of drug-likeness (QED) is 0.936. The summed E-state index contributed by atoms with van der Waals surface area (Å²) in [4.78, 5) is 4.40. The maximum Gasteiger partial charge on any atom is 0.231 e. The molecule has 1 aromatic carbocycles. The lowest BCUT2D eigenvalue weighted by molar-refractivity contribution is 0.174. The first-order valence-electron chi connectivity index (χ1n) is 7.43. The summed E-state index contributed by atoms with van der Waals surface area (Å²) in [7, 11) is 2.04. The van der Waals surface area contributed by atoms with Crippen molar-refractivity contribution >= 4 is 0 Å². The topological polar surface area (TPSA) is 48.3 Å². The Morgan fingerprint density at radius 3 is 3.00 bits per heavy atom. The normalized spacial score (nSPS) is 19.6. The van der Waals surface area contributed by atoms with Gasteiger partial charge in [0.05, 0.1) is 0 Å². The van der Waals surface area contributed by atoms with Crippen molar-refractivity contribution in [1.29, 1.82) is 0 Å². The Kier molecular flexibility index (Phi) is 3.07. The van der Waals surface area contributed by atoms with E-state index in [4.69, 9.17) is 9.47 Å². The second-order valence-electron chi connectivity index (χ2n) is 5.65. The highest BCUT2D eigenvalue weighted by Gasteiger charge is 2.24. The minimum atomic E-state index is 0.337. The Balaban J connectivity index is 1.57. The molecule has 110 valence electrons. The van der Waals surface area contributed by atoms with E-state index in [1.165, 1.54) is 11.1 Å². The molecule has 0 radical (unpaired) electrons. The van der Waals surface area contributed by atoms with Gasteiger partial charge in [0.2, 0.25) is 6.79 Å². The predicted octanol–water partition coefficient (Wildman–Crippen LogP) is 1.97. The third-order valence-corrected chi connectivity index (χ3v) is 4.37. The van der Waals surface area contributed by atoms with Gasteiger partial charge in [-0.05, 0) is 42.6 Å². The van der Waals surface area contributed by atoms with Crippen molar-refractivity contribution in [2.45, 2.75) is 25.3 Å². The van der Waals surface area contributed by atoms with Crippen LogP contribution in [-0.2, 0) is 19.9 Å². The van der Waals surface area contributed by atoms with E-state index in [1.807, 2.05) is 19.4 Å². The molecular weight excluding hydrogens is 266 g/mol. The molecule has 2 aromatic rings. The first kappa shape index (κ1) is 12.7. The fraction of sp³-hybridized carbons (Fsp3) is 0.438. The Bertz CT molecular complexity index is 666. The molecule has 1 atom stereocenters. The summed E-state index contributed by atoms with van der Waals surface area (Å²) >= 11 is 0. The first-order valence-corrected chi connectivity index (χ1v) is 7.43. The van der Waals surface area contributed by atoms with E-state index in [1.54, 1.807) is 0 Å². The fourth-order valence-corrected chi connectivity index (χ4v) is 3.20. The van der Waals surface area contributed by atoms with Crippen LogP contribution in [0.5, 0.6) is 11.5 Å². The highest BCUT2D eigenvalue weighted by atomic mass is 16.7. The van der Waals surface area contributed by atoms with Gasteiger partial charge in [0, 0.05) is 31.9 Å². The van der Waals surface area contributed by atoms with Gasteiger partial charge in [-0.3, -0.25) is 0 Å². The Morgan fingerprint density at radius 1 is 1.33 bits per heavy atom. The summed E-state index contributed by atoms with van der Waals surface area (Å²) in [6, 6.07) is 4.65. The van der Waals surface area contributed by atoms with Crippen LogP contribution < -0.4 is 14.8 Å². The van der Waals surface area contributed by atoms with Crippen molar-refractivity contribution < 1.29 is 9.47 Å². The highest BCUT2D eigenvalue weighted by Crippen LogP contribution is 2.39. The molecule has 5 heteroatoms. The third-order valence-electron chi connectivity index (χ3n) is 4.37. The van der Waals surface area contributed by atoms with Crippen LogP contribution in [0, 0.1) is 0 Å². The van der Waals surface area contributed by atoms with Gasteiger partial charge in [0.1, 0.15) is 5.82 Å². The molecule has 2 aliphatic rings. The van der Waals surface area contributed by atoms with Crippen LogP contribution >= 0.6 is 0 Å². The molecule has 3 heterocycles. The monoisotopic (exact) mass is 285 g/mol. The van der Waals surface area contributed by atoms with Gasteiger partial charge in [-0.25, -0.2) is 4.98 Å². The first-order chi connectivity index (χ1) is 10.3. The Labute approximate surface area is 123 Å². The average molecular weight is 285 g/mol. The summed E-state index contributed by atoms with van der Waals surface area (Å²) < 4.78 is 13.1. The lowest BCUT2D eigenvalue weighted by atomic mass is 9.91. The summed E-state index contributed by atoms with van der Waals surface area (Å²) in [6.07, 6.45) is 6.91. The van der Waals surface area contributed by atoms with Gasteiger partial charge in [-0.1, -0.05) is 0 Å². The van der Waals surface area contributed by atoms with E-state index in [-0.39, 0.29) is 0 Å². The zero-order chi connectivity index (χ0) is 14.2. The minimum Gasteiger partial charge on any atom is -0.454 e. The maximum absolute atomic E-state index is 5.52. The zero-order valence-corrected chi connectivity index (χ0v) is 12.1. The molecule has 0 fully saturated rings. The SMILES string of the molecule is Cn1ccnc1CCC1NCCc2cc3c(cc21)OCO3. The van der Waals surface area contributed by atoms with Crippen molar-refractivity contribution in [3.05, 3.63) is 41.5 Å². The van der Waals surface area contributed by atoms with Crippen LogP contribution in [0.3, 0.4) is 0 Å². The lowest BCUT2D eigenvalue weighted by Gasteiger charge is -2.27. The van der Waals surface area contributed by atoms with Crippen molar-refractivity contribution in [2.75, 3.05) is 13.3 Å². The molecule has 0 saturated carbocycles. The zero-order valence-electron chi connectivity index (χ0n) is 12.1. The Morgan fingerprint density at radius 2 is 2.19 bits per heavy atom. The number of hydrogen-bond donors (Lipinski definition) is 1. The summed E-state index contributed by atoms with van der Waals surface area (Å²) in [6.45, 7) is 1.35. The summed E-state index contributed by atoms with van der Waals surface area (Å²) in [5.74, 6) is 2.89. The standard InChI is InChI=1S/C16H19N3O2/c1-19-7-6-18-16(19)3-2-13-12-9-15-14(20-10-21-15)8-11(12)4-5-17-13/h6-9,13,17H,2-5,10H2,1H3. The van der Waals surface area contributed by atoms with Crippen LogP contribution in [-0.4, -0.2) is 22.9 Å². The average Bonchev–Trinajstić information content (AvgIpc) is 3.11. The van der Waals surface area contributed by atoms with E-state index < -0.39 is 0 Å². The van der Waals surface area contributed by atoms with Gasteiger partial charge in [0.25, 0.3) is 0 Å². The Hall–Kier alpha value is -2.01. The number of benzene rings is 1. The lowest BCUT2D eigenvalue weighted by Crippen LogP contribution is -2.30. The number of aryl methyl sites for hydroxylation is 2. The van der Waals surface area contributed by atoms with E-state index in [9.17, 15) is 0 Å². The third kappa shape index (κ3) is 2.27. The van der Waals surface area contributed by atoms with Gasteiger partial charge in [-0.2, -0.15) is 0 Å². The molecule has 0 amide bonds. The van der Waals surface area contributed by atoms with E-state index in [0.717, 1.165) is 43.1 Å². The second kappa shape index (κ2) is 5.07. The molecule has 21 heavy (non-hydrogen) atoms. The number of nitrogens with one attached hydrogen (secondary N) is 1. The molecule has 5 nitrogen and oxygen atoms in total. The molecule has 4 rings (SSSR count). The molecular formula is C16H19N3O2. The fourth-order valence-electron chi connectivity index (χ4n) is 3.20. The molecule has 1 N–H and O–H groups in total. The molecule has 0 aliphatic carbocycles. The highest BCUT2D eigenvalue weighted by molar-refractivity contribution is 5.50. The smallest absolute Gasteiger partial charge is 0.231 e. The number of rotatable bonds is 3. The molecule has 0 saturated heterocycles. The molecule has 1 unspecified atom stereocenters. The minimum absolute atomic E-state index is 0.337. The van der Waals surface area contributed by atoms with Gasteiger partial charge < -0.3 is 19.4 Å². The molecule has 0 spiro atoms. The van der Waals surface area contributed by atoms with Gasteiger partial charge in [-0.15, -0.1) is 0 Å². The molecule has 0 bridgehead atoms. The number of nitrogens with zero attached hydrogens (tertiary/aromatic N) is 2. The van der Waals surface area contributed by atoms with Crippen LogP contribution in [0.1, 0.15) is 29.4 Å². The van der Waals surface area contributed by atoms with E-state index in [0.29, 0.717) is 12.8 Å². The number of fused-ring (bicyclic) bond motifs is 2. The molecule has 2 aliphatic heterocycles. The molecule has 1 aromatic heterocycles. The van der Waals surface area contributed by atoms with Crippen LogP contribution in [0.15, 0.2) is 24.5 Å². The van der Waals surface area contributed by atoms with Crippen molar-refractivity contribution in [1.82, 2.24) is 14.9 Å². The van der Waals surface area contributed by atoms with Crippen LogP contribution in [0.4, 0.5) is 0 Å². The number of ether oxygens (including phenoxy) is 2. The van der Waals surface area contributed by atoms with Gasteiger partial charge >= 0.3 is 0 Å². The number of imidazole rings is 1. The number of aromatic nitrogens is 2. The van der Waals surface area contributed by atoms with Crippen LogP contribution in [0.2, 0.25) is 0 Å². The second-order valence-corrected chi connectivity index (χ2v) is 5.65. The maximum atomic E-state index is 5.52. The number of hydrogen-bond acceptors (Lipinski definition) is 4. The van der Waals surface area contributed by atoms with Crippen molar-refractivity contribution in [3.8, 4) is 11.5 Å². The van der Waals surface area contributed by atoms with Crippen molar-refractivity contribution in [3.63, 3.8) is 0 Å². The van der Waals surface area contributed by atoms with E-state index in [2.05, 4.69) is 27.0 Å². The summed E-state index contributed by atoms with van der Waals surface area (Å²) in [5.41, 5.74) is 2.72. The van der Waals surface area contributed by atoms with E-state index >= 15 is 0 Å². The van der Waals surface area contributed by atoms with Crippen molar-refractivity contribution in [2.24, 2.45) is 7.05 Å². The summed E-state index contributed by atoms with van der Waals surface area (Å²) in [5, 5.41) is 3.61. The largest absolute Gasteiger partial charge is 0.454 e. The predicted molar refractivity (Wildman–Crippen MR) is 78.5 cm³/mol. The van der Waals surface area contributed by atoms with Gasteiger partial charge in [0.15, 0.2) is 11.5 Å². The van der Waals surface area contributed by atoms with Crippen LogP contribution in [0.25, 0.3) is 0 Å².